The molecule has 0 radical (unpaired) electrons. The van der Waals surface area contributed by atoms with E-state index in [-0.39, 0.29) is 0 Å². The second-order valence-corrected chi connectivity index (χ2v) is 5.30. The molecule has 0 spiro atoms. The van der Waals surface area contributed by atoms with Crippen molar-refractivity contribution in [3.05, 3.63) is 22.4 Å². The first-order valence-electron chi connectivity index (χ1n) is 4.80. The van der Waals surface area contributed by atoms with Crippen molar-refractivity contribution in [2.24, 2.45) is 0 Å². The molecule has 0 fully saturated rings. The van der Waals surface area contributed by atoms with Gasteiger partial charge in [-0.05, 0) is 32.2 Å². The van der Waals surface area contributed by atoms with Crippen LogP contribution in [-0.2, 0) is 14.3 Å². The molecule has 0 saturated carbocycles. The second-order valence-electron chi connectivity index (χ2n) is 4.32. The van der Waals surface area contributed by atoms with E-state index in [4.69, 9.17) is 9.84 Å². The molecule has 1 aromatic rings. The fourth-order valence-electron chi connectivity index (χ4n) is 1.15. The van der Waals surface area contributed by atoms with Crippen LogP contribution in [-0.4, -0.2) is 22.6 Å². The van der Waals surface area contributed by atoms with Gasteiger partial charge < -0.3 is 9.84 Å². The van der Waals surface area contributed by atoms with Gasteiger partial charge in [0.15, 0.2) is 5.92 Å². The van der Waals surface area contributed by atoms with Gasteiger partial charge in [-0.25, -0.2) is 0 Å². The monoisotopic (exact) mass is 242 g/mol. The largest absolute Gasteiger partial charge is 0.480 e. The van der Waals surface area contributed by atoms with Gasteiger partial charge in [-0.2, -0.15) is 0 Å². The number of thiophene rings is 1. The molecule has 1 atom stereocenters. The Morgan fingerprint density at radius 3 is 2.44 bits per heavy atom. The van der Waals surface area contributed by atoms with Crippen LogP contribution in [0.2, 0.25) is 0 Å². The zero-order chi connectivity index (χ0) is 12.3. The predicted molar refractivity (Wildman–Crippen MR) is 60.5 cm³/mol. The Bertz CT molecular complexity index is 375. The lowest BCUT2D eigenvalue weighted by Gasteiger charge is -2.21. The molecule has 1 N–H and O–H groups in total. The average molecular weight is 242 g/mol. The highest BCUT2D eigenvalue weighted by Crippen LogP contribution is 2.24. The van der Waals surface area contributed by atoms with E-state index in [0.717, 1.165) is 0 Å². The third-order valence-electron chi connectivity index (χ3n) is 1.72. The van der Waals surface area contributed by atoms with Gasteiger partial charge >= 0.3 is 11.9 Å². The van der Waals surface area contributed by atoms with Gasteiger partial charge in [0.2, 0.25) is 0 Å². The predicted octanol–water partition coefficient (Wildman–Crippen LogP) is 2.26. The van der Waals surface area contributed by atoms with Gasteiger partial charge in [0, 0.05) is 4.88 Å². The van der Waals surface area contributed by atoms with Crippen LogP contribution in [0.1, 0.15) is 31.6 Å². The van der Waals surface area contributed by atoms with E-state index in [2.05, 4.69) is 0 Å². The van der Waals surface area contributed by atoms with E-state index in [1.165, 1.54) is 11.3 Å². The number of hydrogen-bond acceptors (Lipinski definition) is 4. The molecule has 0 aliphatic heterocycles. The molecule has 1 aromatic heterocycles. The molecule has 16 heavy (non-hydrogen) atoms. The molecule has 0 aliphatic rings. The summed E-state index contributed by atoms with van der Waals surface area (Å²) in [4.78, 5) is 23.2. The van der Waals surface area contributed by atoms with Gasteiger partial charge in [0.25, 0.3) is 0 Å². The Morgan fingerprint density at radius 2 is 2.06 bits per heavy atom. The lowest BCUT2D eigenvalue weighted by Crippen LogP contribution is -2.30. The molecule has 5 heteroatoms. The Kier molecular flexibility index (Phi) is 3.70. The van der Waals surface area contributed by atoms with Crippen molar-refractivity contribution in [1.29, 1.82) is 0 Å². The van der Waals surface area contributed by atoms with Gasteiger partial charge in [-0.3, -0.25) is 9.59 Å². The van der Waals surface area contributed by atoms with Crippen LogP contribution in [0.3, 0.4) is 0 Å². The van der Waals surface area contributed by atoms with Crippen molar-refractivity contribution in [2.45, 2.75) is 32.3 Å². The Balaban J connectivity index is 2.88. The minimum absolute atomic E-state index is 0.488. The van der Waals surface area contributed by atoms with E-state index in [1.807, 2.05) is 0 Å². The molecule has 0 saturated heterocycles. The molecule has 0 amide bonds. The summed E-state index contributed by atoms with van der Waals surface area (Å²) in [5.74, 6) is -3.13. The number of hydrogen-bond donors (Lipinski definition) is 1. The van der Waals surface area contributed by atoms with Crippen LogP contribution in [0.4, 0.5) is 0 Å². The maximum Gasteiger partial charge on any atom is 0.326 e. The fraction of sp³-hybridized carbons (Fsp3) is 0.455. The van der Waals surface area contributed by atoms with Crippen molar-refractivity contribution in [1.82, 2.24) is 0 Å². The van der Waals surface area contributed by atoms with E-state index < -0.39 is 23.5 Å². The highest BCUT2D eigenvalue weighted by Gasteiger charge is 2.33. The molecular weight excluding hydrogens is 228 g/mol. The number of aliphatic carboxylic acids is 1. The highest BCUT2D eigenvalue weighted by molar-refractivity contribution is 7.10. The van der Waals surface area contributed by atoms with Crippen LogP contribution in [0.15, 0.2) is 17.5 Å². The molecule has 0 aromatic carbocycles. The summed E-state index contributed by atoms with van der Waals surface area (Å²) >= 11 is 1.23. The third kappa shape index (κ3) is 3.34. The molecule has 0 bridgehead atoms. The number of esters is 1. The van der Waals surface area contributed by atoms with Crippen molar-refractivity contribution in [2.75, 3.05) is 0 Å². The number of carboxylic acids is 1. The summed E-state index contributed by atoms with van der Waals surface area (Å²) in [6.07, 6.45) is 0. The summed E-state index contributed by atoms with van der Waals surface area (Å²) in [6.45, 7) is 5.12. The van der Waals surface area contributed by atoms with E-state index in [1.54, 1.807) is 38.3 Å². The van der Waals surface area contributed by atoms with E-state index >= 15 is 0 Å². The number of ether oxygens (including phenoxy) is 1. The number of carbonyl (C=O) groups is 2. The molecule has 4 nitrogen and oxygen atoms in total. The van der Waals surface area contributed by atoms with Crippen LogP contribution in [0.5, 0.6) is 0 Å². The van der Waals surface area contributed by atoms with Gasteiger partial charge in [-0.15, -0.1) is 11.3 Å². The Morgan fingerprint density at radius 1 is 1.44 bits per heavy atom. The number of rotatable bonds is 3. The second kappa shape index (κ2) is 4.65. The smallest absolute Gasteiger partial charge is 0.326 e. The Hall–Kier alpha value is -1.36. The maximum absolute atomic E-state index is 11.7. The van der Waals surface area contributed by atoms with Gasteiger partial charge in [0.1, 0.15) is 5.60 Å². The zero-order valence-electron chi connectivity index (χ0n) is 9.39. The third-order valence-corrected chi connectivity index (χ3v) is 2.65. The molecular formula is C11H14O4S. The normalized spacial score (nSPS) is 13.2. The minimum Gasteiger partial charge on any atom is -0.480 e. The number of carbonyl (C=O) groups excluding carboxylic acids is 1. The number of carboxylic acid groups (broad SMARTS) is 1. The first-order chi connectivity index (χ1) is 7.31. The standard InChI is InChI=1S/C11H14O4S/c1-11(2,3)15-10(14)8(9(12)13)7-5-4-6-16-7/h4-6,8H,1-3H3,(H,12,13)/t8-/m1/s1. The average Bonchev–Trinajstić information content (AvgIpc) is 2.52. The summed E-state index contributed by atoms with van der Waals surface area (Å²) in [7, 11) is 0. The molecule has 88 valence electrons. The first kappa shape index (κ1) is 12.7. The summed E-state index contributed by atoms with van der Waals surface area (Å²) in [5, 5.41) is 10.7. The SMILES string of the molecule is CC(C)(C)OC(=O)[C@@H](C(=O)O)c1cccs1. The molecule has 1 rings (SSSR count). The van der Waals surface area contributed by atoms with Crippen LogP contribution >= 0.6 is 11.3 Å². The Labute approximate surface area is 97.9 Å². The summed E-state index contributed by atoms with van der Waals surface area (Å²) in [5.41, 5.74) is -0.679. The summed E-state index contributed by atoms with van der Waals surface area (Å²) in [6, 6.07) is 3.33. The van der Waals surface area contributed by atoms with Crippen molar-refractivity contribution >= 4 is 23.3 Å². The fourth-order valence-corrected chi connectivity index (χ4v) is 1.96. The maximum atomic E-state index is 11.7. The first-order valence-corrected chi connectivity index (χ1v) is 5.68. The van der Waals surface area contributed by atoms with Crippen LogP contribution in [0.25, 0.3) is 0 Å². The topological polar surface area (TPSA) is 63.6 Å². The van der Waals surface area contributed by atoms with Crippen molar-refractivity contribution in [3.8, 4) is 0 Å². The van der Waals surface area contributed by atoms with Gasteiger partial charge in [-0.1, -0.05) is 6.07 Å². The van der Waals surface area contributed by atoms with Crippen molar-refractivity contribution in [3.63, 3.8) is 0 Å². The lowest BCUT2D eigenvalue weighted by atomic mass is 10.1. The zero-order valence-corrected chi connectivity index (χ0v) is 10.2. The van der Waals surface area contributed by atoms with E-state index in [9.17, 15) is 9.59 Å². The minimum atomic E-state index is -1.22. The molecule has 0 aliphatic carbocycles. The van der Waals surface area contributed by atoms with Crippen molar-refractivity contribution < 1.29 is 19.4 Å². The quantitative estimate of drug-likeness (QED) is 0.652. The van der Waals surface area contributed by atoms with Crippen LogP contribution < -0.4 is 0 Å². The van der Waals surface area contributed by atoms with E-state index in [0.29, 0.717) is 4.88 Å². The van der Waals surface area contributed by atoms with Gasteiger partial charge in [0.05, 0.1) is 0 Å². The summed E-state index contributed by atoms with van der Waals surface area (Å²) < 4.78 is 5.07. The van der Waals surface area contributed by atoms with Crippen LogP contribution in [0, 0.1) is 0 Å². The molecule has 0 unspecified atom stereocenters. The lowest BCUT2D eigenvalue weighted by molar-refractivity contribution is -0.162. The molecule has 1 heterocycles. The highest BCUT2D eigenvalue weighted by atomic mass is 32.1.